The molecular weight excluding hydrogens is 342 g/mol. The fraction of sp³-hybridized carbons (Fsp3) is 0.150. The molecule has 4 rings (SSSR count). The van der Waals surface area contributed by atoms with Crippen LogP contribution in [0.5, 0.6) is 0 Å². The van der Waals surface area contributed by atoms with Crippen LogP contribution in [0.25, 0.3) is 33.5 Å². The van der Waals surface area contributed by atoms with Gasteiger partial charge >= 0.3 is 0 Å². The summed E-state index contributed by atoms with van der Waals surface area (Å²) >= 11 is 0. The van der Waals surface area contributed by atoms with Crippen molar-refractivity contribution in [1.29, 1.82) is 0 Å². The van der Waals surface area contributed by atoms with Gasteiger partial charge < -0.3 is 5.11 Å². The number of pyridine rings is 3. The van der Waals surface area contributed by atoms with Gasteiger partial charge in [-0.3, -0.25) is 19.3 Å². The van der Waals surface area contributed by atoms with Crippen molar-refractivity contribution in [3.63, 3.8) is 0 Å². The molecule has 4 heterocycles. The maximum Gasteiger partial charge on any atom is 0.261 e. The van der Waals surface area contributed by atoms with E-state index in [1.54, 1.807) is 31.6 Å². The van der Waals surface area contributed by atoms with E-state index in [4.69, 9.17) is 4.98 Å². The second kappa shape index (κ2) is 7.05. The van der Waals surface area contributed by atoms with Gasteiger partial charge in [0.2, 0.25) is 0 Å². The Bertz CT molecular complexity index is 1140. The van der Waals surface area contributed by atoms with Crippen LogP contribution in [-0.2, 0) is 0 Å². The van der Waals surface area contributed by atoms with E-state index in [1.165, 1.54) is 10.9 Å². The van der Waals surface area contributed by atoms with E-state index in [0.717, 1.165) is 5.56 Å². The van der Waals surface area contributed by atoms with Crippen LogP contribution in [0, 0.1) is 0 Å². The first-order valence-corrected chi connectivity index (χ1v) is 8.53. The van der Waals surface area contributed by atoms with E-state index in [0.29, 0.717) is 28.0 Å². The maximum atomic E-state index is 13.0. The molecule has 1 unspecified atom stereocenters. The summed E-state index contributed by atoms with van der Waals surface area (Å²) in [5.74, 6) is 0. The van der Waals surface area contributed by atoms with Crippen molar-refractivity contribution in [1.82, 2.24) is 24.5 Å². The Hall–Kier alpha value is -3.45. The highest BCUT2D eigenvalue weighted by atomic mass is 16.3. The third-order valence-electron chi connectivity index (χ3n) is 4.37. The number of aliphatic hydroxyl groups excluding tert-OH is 1. The number of hydrogen-bond donors (Lipinski definition) is 1. The van der Waals surface area contributed by atoms with E-state index in [9.17, 15) is 9.90 Å². The Morgan fingerprint density at radius 2 is 2.00 bits per heavy atom. The highest BCUT2D eigenvalue weighted by Crippen LogP contribution is 2.27. The van der Waals surface area contributed by atoms with Gasteiger partial charge in [0.05, 0.1) is 41.4 Å². The fourth-order valence-electron chi connectivity index (χ4n) is 2.90. The van der Waals surface area contributed by atoms with Crippen LogP contribution in [0.4, 0.5) is 0 Å². The Labute approximate surface area is 155 Å². The monoisotopic (exact) mass is 359 g/mol. The highest BCUT2D eigenvalue weighted by molar-refractivity contribution is 5.93. The van der Waals surface area contributed by atoms with Crippen LogP contribution in [-0.4, -0.2) is 36.2 Å². The van der Waals surface area contributed by atoms with E-state index >= 15 is 0 Å². The maximum absolute atomic E-state index is 13.0. The molecule has 4 aromatic heterocycles. The van der Waals surface area contributed by atoms with Crippen molar-refractivity contribution in [2.24, 2.45) is 0 Å². The van der Waals surface area contributed by atoms with E-state index in [1.807, 2.05) is 30.3 Å². The molecule has 0 saturated heterocycles. The molecule has 7 heteroatoms. The number of nitrogens with zero attached hydrogens (tertiary/aromatic N) is 5. The lowest BCUT2D eigenvalue weighted by atomic mass is 10.1. The van der Waals surface area contributed by atoms with Crippen LogP contribution in [0.3, 0.4) is 0 Å². The summed E-state index contributed by atoms with van der Waals surface area (Å²) < 4.78 is 1.43. The van der Waals surface area contributed by atoms with Gasteiger partial charge in [0.25, 0.3) is 5.56 Å². The zero-order valence-corrected chi connectivity index (χ0v) is 14.6. The molecule has 0 radical (unpaired) electrons. The standard InChI is InChI=1S/C20H17N5O2/c1-13(11-26)25-12-23-19-15(20(25)27)9-17(16-6-2-3-8-22-16)24-18(19)14-5-4-7-21-10-14/h2-10,12-13,26H,11H2,1H3. The summed E-state index contributed by atoms with van der Waals surface area (Å²) in [5, 5.41) is 9.86. The number of rotatable bonds is 4. The van der Waals surface area contributed by atoms with E-state index in [-0.39, 0.29) is 18.2 Å². The summed E-state index contributed by atoms with van der Waals surface area (Å²) in [6.07, 6.45) is 6.50. The van der Waals surface area contributed by atoms with Gasteiger partial charge in [-0.15, -0.1) is 0 Å². The zero-order valence-electron chi connectivity index (χ0n) is 14.6. The molecule has 134 valence electrons. The molecule has 0 spiro atoms. The van der Waals surface area contributed by atoms with Crippen LogP contribution in [0.2, 0.25) is 0 Å². The number of fused-ring (bicyclic) bond motifs is 1. The van der Waals surface area contributed by atoms with Crippen molar-refractivity contribution in [3.05, 3.63) is 71.7 Å². The quantitative estimate of drug-likeness (QED) is 0.602. The lowest BCUT2D eigenvalue weighted by Gasteiger charge is -2.14. The van der Waals surface area contributed by atoms with Gasteiger partial charge in [0.15, 0.2) is 0 Å². The molecule has 0 fully saturated rings. The van der Waals surface area contributed by atoms with Crippen LogP contribution < -0.4 is 5.56 Å². The van der Waals surface area contributed by atoms with Crippen molar-refractivity contribution in [2.45, 2.75) is 13.0 Å². The summed E-state index contributed by atoms with van der Waals surface area (Å²) in [7, 11) is 0. The molecule has 0 aliphatic heterocycles. The molecule has 7 nitrogen and oxygen atoms in total. The Balaban J connectivity index is 2.06. The molecule has 4 aromatic rings. The average molecular weight is 359 g/mol. The Morgan fingerprint density at radius 3 is 2.70 bits per heavy atom. The molecule has 0 amide bonds. The number of hydrogen-bond acceptors (Lipinski definition) is 6. The summed E-state index contributed by atoms with van der Waals surface area (Å²) in [6.45, 7) is 1.61. The second-order valence-corrected chi connectivity index (χ2v) is 6.20. The minimum atomic E-state index is -0.372. The molecule has 0 aliphatic carbocycles. The minimum absolute atomic E-state index is 0.152. The van der Waals surface area contributed by atoms with Gasteiger partial charge in [0, 0.05) is 24.2 Å². The SMILES string of the molecule is CC(CO)n1cnc2c(-c3cccnc3)nc(-c3ccccn3)cc2c1=O. The molecular formula is C20H17N5O2. The fourth-order valence-corrected chi connectivity index (χ4v) is 2.90. The van der Waals surface area contributed by atoms with Crippen LogP contribution >= 0.6 is 0 Å². The zero-order chi connectivity index (χ0) is 18.8. The minimum Gasteiger partial charge on any atom is -0.394 e. The third kappa shape index (κ3) is 3.09. The predicted octanol–water partition coefficient (Wildman–Crippen LogP) is 2.47. The number of aliphatic hydroxyl groups is 1. The first kappa shape index (κ1) is 17.0. The van der Waals surface area contributed by atoms with E-state index in [2.05, 4.69) is 15.0 Å². The predicted molar refractivity (Wildman–Crippen MR) is 102 cm³/mol. The van der Waals surface area contributed by atoms with Crippen molar-refractivity contribution in [2.75, 3.05) is 6.61 Å². The average Bonchev–Trinajstić information content (AvgIpc) is 2.74. The number of aromatic nitrogens is 5. The third-order valence-corrected chi connectivity index (χ3v) is 4.37. The first-order chi connectivity index (χ1) is 13.2. The molecule has 27 heavy (non-hydrogen) atoms. The molecule has 0 aromatic carbocycles. The first-order valence-electron chi connectivity index (χ1n) is 8.53. The van der Waals surface area contributed by atoms with Gasteiger partial charge in [-0.1, -0.05) is 6.07 Å². The molecule has 1 N–H and O–H groups in total. The van der Waals surface area contributed by atoms with Crippen molar-refractivity contribution < 1.29 is 5.11 Å². The largest absolute Gasteiger partial charge is 0.394 e. The van der Waals surface area contributed by atoms with Gasteiger partial charge in [0.1, 0.15) is 5.52 Å². The van der Waals surface area contributed by atoms with Crippen LogP contribution in [0.1, 0.15) is 13.0 Å². The smallest absolute Gasteiger partial charge is 0.261 e. The normalized spacial score (nSPS) is 12.2. The Morgan fingerprint density at radius 1 is 1.11 bits per heavy atom. The van der Waals surface area contributed by atoms with Gasteiger partial charge in [-0.25, -0.2) is 9.97 Å². The van der Waals surface area contributed by atoms with Gasteiger partial charge in [-0.2, -0.15) is 0 Å². The molecule has 0 saturated carbocycles. The van der Waals surface area contributed by atoms with Gasteiger partial charge in [-0.05, 0) is 37.3 Å². The molecule has 0 aliphatic rings. The second-order valence-electron chi connectivity index (χ2n) is 6.20. The van der Waals surface area contributed by atoms with Crippen LogP contribution in [0.15, 0.2) is 66.1 Å². The topological polar surface area (TPSA) is 93.8 Å². The molecule has 1 atom stereocenters. The van der Waals surface area contributed by atoms with Crippen molar-refractivity contribution in [3.8, 4) is 22.6 Å². The lowest BCUT2D eigenvalue weighted by molar-refractivity contribution is 0.236. The highest BCUT2D eigenvalue weighted by Gasteiger charge is 2.16. The molecule has 0 bridgehead atoms. The van der Waals surface area contributed by atoms with Crippen molar-refractivity contribution >= 4 is 10.9 Å². The summed E-state index contributed by atoms with van der Waals surface area (Å²) in [6, 6.07) is 10.5. The summed E-state index contributed by atoms with van der Waals surface area (Å²) in [4.78, 5) is 30.7. The van der Waals surface area contributed by atoms with E-state index < -0.39 is 0 Å². The Kier molecular flexibility index (Phi) is 4.43. The lowest BCUT2D eigenvalue weighted by Crippen LogP contribution is -2.25. The summed E-state index contributed by atoms with van der Waals surface area (Å²) in [5.41, 5.74) is 2.84.